The number of hydrogen-bond donors (Lipinski definition) is 2. The minimum atomic E-state index is -0.344. The van der Waals surface area contributed by atoms with Crippen LogP contribution in [0.25, 0.3) is 0 Å². The Bertz CT molecular complexity index is 410. The highest BCUT2D eigenvalue weighted by atomic mass is 32.2. The second-order valence-corrected chi connectivity index (χ2v) is 4.94. The van der Waals surface area contributed by atoms with E-state index in [2.05, 4.69) is 12.2 Å². The Labute approximate surface area is 112 Å². The molecule has 0 saturated heterocycles. The topological polar surface area (TPSA) is 64.3 Å². The SMILES string of the molecule is CCOC(=O)c1cc(N)ccc1NC(C)CSC. The van der Waals surface area contributed by atoms with Crippen molar-refractivity contribution in [1.82, 2.24) is 0 Å². The molecule has 0 fully saturated rings. The number of thioether (sulfide) groups is 1. The lowest BCUT2D eigenvalue weighted by atomic mass is 10.1. The van der Waals surface area contributed by atoms with Gasteiger partial charge in [-0.2, -0.15) is 11.8 Å². The van der Waals surface area contributed by atoms with E-state index in [4.69, 9.17) is 10.5 Å². The first kappa shape index (κ1) is 14.7. The number of nitrogens with one attached hydrogen (secondary N) is 1. The lowest BCUT2D eigenvalue weighted by molar-refractivity contribution is 0.0527. The van der Waals surface area contributed by atoms with Gasteiger partial charge in [0, 0.05) is 23.2 Å². The molecule has 1 unspecified atom stereocenters. The summed E-state index contributed by atoms with van der Waals surface area (Å²) < 4.78 is 5.03. The second kappa shape index (κ2) is 7.16. The van der Waals surface area contributed by atoms with Gasteiger partial charge < -0.3 is 15.8 Å². The van der Waals surface area contributed by atoms with Crippen LogP contribution in [0.4, 0.5) is 11.4 Å². The molecule has 1 aromatic rings. The standard InChI is InChI=1S/C13H20N2O2S/c1-4-17-13(16)11-7-10(14)5-6-12(11)15-9(2)8-18-3/h5-7,9,15H,4,8,14H2,1-3H3. The average Bonchev–Trinajstić information content (AvgIpc) is 2.32. The fourth-order valence-corrected chi connectivity index (χ4v) is 2.21. The van der Waals surface area contributed by atoms with E-state index in [0.29, 0.717) is 17.9 Å². The number of nitrogens with two attached hydrogens (primary N) is 1. The van der Waals surface area contributed by atoms with E-state index in [1.165, 1.54) is 0 Å². The quantitative estimate of drug-likeness (QED) is 0.613. The van der Waals surface area contributed by atoms with Crippen molar-refractivity contribution in [3.05, 3.63) is 23.8 Å². The van der Waals surface area contributed by atoms with Gasteiger partial charge in [0.1, 0.15) is 0 Å². The van der Waals surface area contributed by atoms with E-state index >= 15 is 0 Å². The zero-order chi connectivity index (χ0) is 13.5. The molecule has 0 aliphatic heterocycles. The van der Waals surface area contributed by atoms with Gasteiger partial charge in [0.05, 0.1) is 12.2 Å². The minimum Gasteiger partial charge on any atom is -0.462 e. The Balaban J connectivity index is 2.92. The molecule has 4 nitrogen and oxygen atoms in total. The van der Waals surface area contributed by atoms with Crippen LogP contribution in [0, 0.1) is 0 Å². The molecule has 18 heavy (non-hydrogen) atoms. The Hall–Kier alpha value is -1.36. The number of hydrogen-bond acceptors (Lipinski definition) is 5. The maximum atomic E-state index is 11.8. The number of nitrogen functional groups attached to an aromatic ring is 1. The second-order valence-electron chi connectivity index (χ2n) is 4.03. The zero-order valence-corrected chi connectivity index (χ0v) is 11.8. The number of anilines is 2. The van der Waals surface area contributed by atoms with Crippen LogP contribution in [0.5, 0.6) is 0 Å². The number of carbonyl (C=O) groups excluding carboxylic acids is 1. The van der Waals surface area contributed by atoms with Crippen LogP contribution in [0.15, 0.2) is 18.2 Å². The molecule has 5 heteroatoms. The molecule has 0 bridgehead atoms. The first-order valence-corrected chi connectivity index (χ1v) is 7.30. The normalized spacial score (nSPS) is 11.9. The Morgan fingerprint density at radius 2 is 2.28 bits per heavy atom. The molecule has 0 saturated carbocycles. The van der Waals surface area contributed by atoms with E-state index < -0.39 is 0 Å². The van der Waals surface area contributed by atoms with Gasteiger partial charge in [-0.05, 0) is 38.3 Å². The van der Waals surface area contributed by atoms with Gasteiger partial charge in [-0.3, -0.25) is 0 Å². The van der Waals surface area contributed by atoms with Crippen molar-refractivity contribution in [1.29, 1.82) is 0 Å². The molecule has 1 aromatic carbocycles. The third-order valence-electron chi connectivity index (χ3n) is 2.36. The highest BCUT2D eigenvalue weighted by Crippen LogP contribution is 2.21. The van der Waals surface area contributed by atoms with E-state index in [-0.39, 0.29) is 12.0 Å². The third kappa shape index (κ3) is 4.14. The zero-order valence-electron chi connectivity index (χ0n) is 11.0. The van der Waals surface area contributed by atoms with E-state index in [9.17, 15) is 4.79 Å². The highest BCUT2D eigenvalue weighted by molar-refractivity contribution is 7.98. The maximum absolute atomic E-state index is 11.8. The van der Waals surface area contributed by atoms with Gasteiger partial charge in [0.25, 0.3) is 0 Å². The van der Waals surface area contributed by atoms with Crippen LogP contribution in [-0.2, 0) is 4.74 Å². The molecule has 0 radical (unpaired) electrons. The lowest BCUT2D eigenvalue weighted by Crippen LogP contribution is -2.20. The van der Waals surface area contributed by atoms with Crippen LogP contribution < -0.4 is 11.1 Å². The summed E-state index contributed by atoms with van der Waals surface area (Å²) in [6.45, 7) is 4.21. The molecular formula is C13H20N2O2S. The minimum absolute atomic E-state index is 0.275. The number of rotatable bonds is 6. The van der Waals surface area contributed by atoms with Crippen LogP contribution in [0.2, 0.25) is 0 Å². The molecule has 100 valence electrons. The molecule has 0 heterocycles. The Morgan fingerprint density at radius 3 is 2.89 bits per heavy atom. The van der Waals surface area contributed by atoms with Crippen molar-refractivity contribution in [2.45, 2.75) is 19.9 Å². The molecular weight excluding hydrogens is 248 g/mol. The van der Waals surface area contributed by atoms with Crippen molar-refractivity contribution in [2.75, 3.05) is 29.7 Å². The van der Waals surface area contributed by atoms with Crippen LogP contribution >= 0.6 is 11.8 Å². The number of benzene rings is 1. The largest absolute Gasteiger partial charge is 0.462 e. The Morgan fingerprint density at radius 1 is 1.56 bits per heavy atom. The first-order chi connectivity index (χ1) is 8.58. The summed E-state index contributed by atoms with van der Waals surface area (Å²) in [5, 5.41) is 3.30. The summed E-state index contributed by atoms with van der Waals surface area (Å²) in [4.78, 5) is 11.8. The summed E-state index contributed by atoms with van der Waals surface area (Å²) in [5.41, 5.74) is 7.53. The van der Waals surface area contributed by atoms with Gasteiger partial charge in [-0.25, -0.2) is 4.79 Å². The van der Waals surface area contributed by atoms with Crippen molar-refractivity contribution < 1.29 is 9.53 Å². The predicted octanol–water partition coefficient (Wildman–Crippen LogP) is 2.61. The van der Waals surface area contributed by atoms with E-state index in [0.717, 1.165) is 11.4 Å². The first-order valence-electron chi connectivity index (χ1n) is 5.90. The van der Waals surface area contributed by atoms with E-state index in [1.807, 2.05) is 12.3 Å². The summed E-state index contributed by atoms with van der Waals surface area (Å²) in [6, 6.07) is 5.51. The number of carbonyl (C=O) groups is 1. The number of esters is 1. The predicted molar refractivity (Wildman–Crippen MR) is 78.3 cm³/mol. The van der Waals surface area contributed by atoms with Gasteiger partial charge >= 0.3 is 5.97 Å². The van der Waals surface area contributed by atoms with Crippen molar-refractivity contribution in [3.8, 4) is 0 Å². The average molecular weight is 268 g/mol. The third-order valence-corrected chi connectivity index (χ3v) is 3.19. The van der Waals surface area contributed by atoms with Gasteiger partial charge in [0.15, 0.2) is 0 Å². The lowest BCUT2D eigenvalue weighted by Gasteiger charge is -2.17. The molecule has 0 aromatic heterocycles. The smallest absolute Gasteiger partial charge is 0.340 e. The van der Waals surface area contributed by atoms with Crippen LogP contribution in [0.3, 0.4) is 0 Å². The molecule has 3 N–H and O–H groups in total. The molecule has 0 amide bonds. The van der Waals surface area contributed by atoms with Crippen molar-refractivity contribution in [2.24, 2.45) is 0 Å². The monoisotopic (exact) mass is 268 g/mol. The van der Waals surface area contributed by atoms with E-state index in [1.54, 1.807) is 30.8 Å². The molecule has 0 aliphatic rings. The summed E-state index contributed by atoms with van der Waals surface area (Å²) >= 11 is 1.75. The van der Waals surface area contributed by atoms with Crippen molar-refractivity contribution >= 4 is 29.1 Å². The molecule has 0 spiro atoms. The summed E-state index contributed by atoms with van der Waals surface area (Å²) in [5.74, 6) is 0.621. The molecule has 1 atom stereocenters. The fourth-order valence-electron chi connectivity index (χ4n) is 1.62. The van der Waals surface area contributed by atoms with Gasteiger partial charge in [-0.15, -0.1) is 0 Å². The number of ether oxygens (including phenoxy) is 1. The summed E-state index contributed by atoms with van der Waals surface area (Å²) in [7, 11) is 0. The molecule has 0 aliphatic carbocycles. The van der Waals surface area contributed by atoms with Crippen LogP contribution in [-0.4, -0.2) is 30.6 Å². The summed E-state index contributed by atoms with van der Waals surface area (Å²) in [6.07, 6.45) is 2.05. The maximum Gasteiger partial charge on any atom is 0.340 e. The molecule has 1 rings (SSSR count). The van der Waals surface area contributed by atoms with Gasteiger partial charge in [-0.1, -0.05) is 0 Å². The highest BCUT2D eigenvalue weighted by Gasteiger charge is 2.14. The fraction of sp³-hybridized carbons (Fsp3) is 0.462. The Kier molecular flexibility index (Phi) is 5.85. The van der Waals surface area contributed by atoms with Crippen molar-refractivity contribution in [3.63, 3.8) is 0 Å². The van der Waals surface area contributed by atoms with Gasteiger partial charge in [0.2, 0.25) is 0 Å². The van der Waals surface area contributed by atoms with Crippen LogP contribution in [0.1, 0.15) is 24.2 Å².